The number of carboxylic acids is 1. The van der Waals surface area contributed by atoms with Gasteiger partial charge < -0.3 is 15.2 Å². The van der Waals surface area contributed by atoms with Gasteiger partial charge in [-0.15, -0.1) is 0 Å². The highest BCUT2D eigenvalue weighted by molar-refractivity contribution is 8.18. The van der Waals surface area contributed by atoms with Crippen LogP contribution in [-0.2, 0) is 9.59 Å². The van der Waals surface area contributed by atoms with Crippen molar-refractivity contribution < 1.29 is 19.4 Å². The molecule has 138 valence electrons. The smallest absolute Gasteiger partial charge is 0.341 e. The minimum Gasteiger partial charge on any atom is -0.481 e. The summed E-state index contributed by atoms with van der Waals surface area (Å²) >= 11 is 7.29. The molecule has 1 fully saturated rings. The first-order valence-corrected chi connectivity index (χ1v) is 9.12. The number of carboxylic acid groups (broad SMARTS) is 1. The van der Waals surface area contributed by atoms with Crippen molar-refractivity contribution in [3.8, 4) is 5.75 Å². The summed E-state index contributed by atoms with van der Waals surface area (Å²) in [6.45, 7) is 1.40. The number of carbonyl (C=O) groups excluding carboxylic acids is 1. The molecule has 2 N–H and O–H groups in total. The highest BCUT2D eigenvalue weighted by Crippen LogP contribution is 2.32. The summed E-state index contributed by atoms with van der Waals surface area (Å²) in [5.74, 6) is -0.972. The Morgan fingerprint density at radius 3 is 2.85 bits per heavy atom. The maximum atomic E-state index is 12.3. The number of hydrogen-bond donors (Lipinski definition) is 2. The highest BCUT2D eigenvalue weighted by Gasteiger charge is 2.24. The van der Waals surface area contributed by atoms with Gasteiger partial charge in [0.1, 0.15) is 5.75 Å². The van der Waals surface area contributed by atoms with Crippen molar-refractivity contribution in [2.75, 3.05) is 6.61 Å². The van der Waals surface area contributed by atoms with E-state index in [1.54, 1.807) is 42.5 Å². The van der Waals surface area contributed by atoms with Crippen LogP contribution in [0.1, 0.15) is 11.1 Å². The van der Waals surface area contributed by atoms with Gasteiger partial charge in [0.25, 0.3) is 5.91 Å². The zero-order valence-corrected chi connectivity index (χ0v) is 15.8. The number of halogens is 1. The average molecular weight is 403 g/mol. The van der Waals surface area contributed by atoms with E-state index in [4.69, 9.17) is 21.4 Å². The van der Waals surface area contributed by atoms with Crippen LogP contribution in [0.4, 0.5) is 5.69 Å². The predicted octanol–water partition coefficient (Wildman–Crippen LogP) is 4.00. The van der Waals surface area contributed by atoms with E-state index >= 15 is 0 Å². The fourth-order valence-corrected chi connectivity index (χ4v) is 3.31. The summed E-state index contributed by atoms with van der Waals surface area (Å²) in [4.78, 5) is 27.9. The molecule has 1 amide bonds. The minimum atomic E-state index is -1.07. The fraction of sp³-hybridized carbons (Fsp3) is 0.105. The summed E-state index contributed by atoms with van der Waals surface area (Å²) < 4.78 is 5.27. The third kappa shape index (κ3) is 4.69. The molecule has 0 aromatic heterocycles. The first kappa shape index (κ1) is 19.0. The van der Waals surface area contributed by atoms with Crippen LogP contribution >= 0.6 is 23.4 Å². The van der Waals surface area contributed by atoms with Crippen molar-refractivity contribution in [2.24, 2.45) is 4.99 Å². The second-order valence-electron chi connectivity index (χ2n) is 5.59. The minimum absolute atomic E-state index is 0.286. The van der Waals surface area contributed by atoms with Gasteiger partial charge in [0, 0.05) is 10.6 Å². The molecule has 0 saturated carbocycles. The zero-order chi connectivity index (χ0) is 19.4. The topological polar surface area (TPSA) is 88.0 Å². The molecule has 0 unspecified atom stereocenters. The number of nitrogens with zero attached hydrogens (tertiary/aromatic N) is 1. The quantitative estimate of drug-likeness (QED) is 0.738. The van der Waals surface area contributed by atoms with E-state index in [0.29, 0.717) is 32.1 Å². The number of ether oxygens (including phenoxy) is 1. The van der Waals surface area contributed by atoms with Gasteiger partial charge in [0.05, 0.1) is 10.6 Å². The summed E-state index contributed by atoms with van der Waals surface area (Å²) in [6.07, 6.45) is 1.64. The number of rotatable bonds is 5. The predicted molar refractivity (Wildman–Crippen MR) is 107 cm³/mol. The van der Waals surface area contributed by atoms with Crippen LogP contribution in [0.5, 0.6) is 5.75 Å². The van der Waals surface area contributed by atoms with Crippen molar-refractivity contribution in [1.29, 1.82) is 0 Å². The third-order valence-electron chi connectivity index (χ3n) is 3.67. The summed E-state index contributed by atoms with van der Waals surface area (Å²) in [6, 6.07) is 12.3. The van der Waals surface area contributed by atoms with Crippen molar-refractivity contribution >= 4 is 52.2 Å². The molecule has 2 aromatic carbocycles. The molecular weight excluding hydrogens is 388 g/mol. The molecule has 8 heteroatoms. The fourth-order valence-electron chi connectivity index (χ4n) is 2.32. The second kappa shape index (κ2) is 8.28. The van der Waals surface area contributed by atoms with Crippen molar-refractivity contribution in [3.63, 3.8) is 0 Å². The number of carbonyl (C=O) groups is 2. The largest absolute Gasteiger partial charge is 0.481 e. The molecule has 1 aliphatic heterocycles. The number of thioether (sulfide) groups is 1. The molecule has 1 saturated heterocycles. The van der Waals surface area contributed by atoms with Gasteiger partial charge >= 0.3 is 5.97 Å². The molecule has 0 aliphatic carbocycles. The molecule has 1 heterocycles. The number of amides is 1. The van der Waals surface area contributed by atoms with Gasteiger partial charge in [0.15, 0.2) is 11.8 Å². The summed E-state index contributed by atoms with van der Waals surface area (Å²) in [5.41, 5.74) is 2.11. The van der Waals surface area contributed by atoms with Gasteiger partial charge in [-0.05, 0) is 48.5 Å². The molecule has 3 rings (SSSR count). The number of para-hydroxylation sites is 1. The molecule has 27 heavy (non-hydrogen) atoms. The molecule has 0 atom stereocenters. The Morgan fingerprint density at radius 1 is 1.30 bits per heavy atom. The summed E-state index contributed by atoms with van der Waals surface area (Å²) in [5, 5.41) is 12.5. The molecule has 1 aliphatic rings. The molecule has 6 nitrogen and oxygen atoms in total. The van der Waals surface area contributed by atoms with Crippen molar-refractivity contribution in [3.05, 3.63) is 63.5 Å². The maximum Gasteiger partial charge on any atom is 0.341 e. The van der Waals surface area contributed by atoms with Crippen molar-refractivity contribution in [1.82, 2.24) is 5.32 Å². The van der Waals surface area contributed by atoms with Gasteiger partial charge in [-0.2, -0.15) is 0 Å². The number of benzene rings is 2. The normalized spacial score (nSPS) is 16.6. The van der Waals surface area contributed by atoms with Crippen LogP contribution in [0, 0.1) is 6.92 Å². The van der Waals surface area contributed by atoms with Crippen LogP contribution in [0.3, 0.4) is 0 Å². The van der Waals surface area contributed by atoms with E-state index in [1.807, 2.05) is 13.0 Å². The first-order chi connectivity index (χ1) is 12.9. The number of aliphatic carboxylic acids is 1. The lowest BCUT2D eigenvalue weighted by Gasteiger charge is -2.06. The second-order valence-corrected chi connectivity index (χ2v) is 7.02. The Balaban J connectivity index is 1.85. The number of nitrogens with one attached hydrogen (secondary N) is 1. The van der Waals surface area contributed by atoms with E-state index in [2.05, 4.69) is 10.3 Å². The van der Waals surface area contributed by atoms with E-state index in [0.717, 1.165) is 5.56 Å². The van der Waals surface area contributed by atoms with Gasteiger partial charge in [-0.3, -0.25) is 4.79 Å². The van der Waals surface area contributed by atoms with Crippen LogP contribution in [-0.4, -0.2) is 28.8 Å². The van der Waals surface area contributed by atoms with Crippen LogP contribution < -0.4 is 10.1 Å². The van der Waals surface area contributed by atoms with E-state index < -0.39 is 12.6 Å². The van der Waals surface area contributed by atoms with Crippen molar-refractivity contribution in [2.45, 2.75) is 6.92 Å². The van der Waals surface area contributed by atoms with E-state index in [1.165, 1.54) is 11.8 Å². The van der Waals surface area contributed by atoms with E-state index in [9.17, 15) is 9.59 Å². The standard InChI is InChI=1S/C19H15ClN2O4S/c1-11-13(20)6-4-7-14(11)21-19-22-18(25)16(27-19)9-12-5-2-3-8-15(12)26-10-17(23)24/h2-9H,10H2,1H3,(H,23,24)(H,21,22,25)/b16-9-. The molecule has 0 bridgehead atoms. The number of amidine groups is 1. The molecular formula is C19H15ClN2O4S. The molecule has 0 spiro atoms. The van der Waals surface area contributed by atoms with Crippen LogP contribution in [0.25, 0.3) is 6.08 Å². The average Bonchev–Trinajstić information content (AvgIpc) is 2.97. The van der Waals surface area contributed by atoms with Gasteiger partial charge in [-0.1, -0.05) is 35.9 Å². The Kier molecular flexibility index (Phi) is 5.83. The number of hydrogen-bond acceptors (Lipinski definition) is 5. The lowest BCUT2D eigenvalue weighted by molar-refractivity contribution is -0.139. The maximum absolute atomic E-state index is 12.3. The van der Waals surface area contributed by atoms with Crippen LogP contribution in [0.2, 0.25) is 5.02 Å². The molecule has 0 radical (unpaired) electrons. The number of aliphatic imine (C=N–C) groups is 1. The van der Waals surface area contributed by atoms with Gasteiger partial charge in [-0.25, -0.2) is 9.79 Å². The lowest BCUT2D eigenvalue weighted by Crippen LogP contribution is -2.19. The Bertz CT molecular complexity index is 972. The highest BCUT2D eigenvalue weighted by atomic mass is 35.5. The Hall–Kier alpha value is -2.77. The third-order valence-corrected chi connectivity index (χ3v) is 4.99. The Labute approximate surface area is 164 Å². The SMILES string of the molecule is Cc1c(Cl)cccc1N=C1NC(=O)/C(=C/c2ccccc2OCC(=O)O)S1. The zero-order valence-electron chi connectivity index (χ0n) is 14.2. The summed E-state index contributed by atoms with van der Waals surface area (Å²) in [7, 11) is 0. The molecule has 2 aromatic rings. The van der Waals surface area contributed by atoms with Crippen LogP contribution in [0.15, 0.2) is 52.4 Å². The lowest BCUT2D eigenvalue weighted by atomic mass is 10.2. The van der Waals surface area contributed by atoms with Gasteiger partial charge in [0.2, 0.25) is 0 Å². The van der Waals surface area contributed by atoms with E-state index in [-0.39, 0.29) is 5.91 Å². The Morgan fingerprint density at radius 2 is 2.07 bits per heavy atom. The first-order valence-electron chi connectivity index (χ1n) is 7.92. The monoisotopic (exact) mass is 402 g/mol.